The summed E-state index contributed by atoms with van der Waals surface area (Å²) >= 11 is 0. The molecule has 1 rings (SSSR count). The summed E-state index contributed by atoms with van der Waals surface area (Å²) in [7, 11) is 4.22. The van der Waals surface area contributed by atoms with Crippen molar-refractivity contribution in [2.75, 3.05) is 60.0 Å². The minimum Gasteiger partial charge on any atom is -0.376 e. The van der Waals surface area contributed by atoms with E-state index < -0.39 is 0 Å². The molecular weight excluding hydrogens is 226 g/mol. The lowest BCUT2D eigenvalue weighted by Crippen LogP contribution is -2.46. The van der Waals surface area contributed by atoms with Crippen molar-refractivity contribution in [2.24, 2.45) is 5.92 Å². The van der Waals surface area contributed by atoms with Crippen molar-refractivity contribution in [1.29, 1.82) is 0 Å². The van der Waals surface area contributed by atoms with Gasteiger partial charge in [-0.25, -0.2) is 0 Å². The summed E-state index contributed by atoms with van der Waals surface area (Å²) < 4.78 is 5.79. The predicted molar refractivity (Wildman–Crippen MR) is 77.1 cm³/mol. The Kier molecular flexibility index (Phi) is 7.82. The molecule has 1 atom stereocenters. The van der Waals surface area contributed by atoms with Gasteiger partial charge in [0.2, 0.25) is 0 Å². The minimum atomic E-state index is 0.418. The average Bonchev–Trinajstić information content (AvgIpc) is 2.33. The maximum Gasteiger partial charge on any atom is 0.0714 e. The summed E-state index contributed by atoms with van der Waals surface area (Å²) in [6.07, 6.45) is 1.54. The van der Waals surface area contributed by atoms with Crippen molar-refractivity contribution >= 4 is 0 Å². The van der Waals surface area contributed by atoms with E-state index in [4.69, 9.17) is 4.74 Å². The van der Waals surface area contributed by atoms with E-state index in [-0.39, 0.29) is 0 Å². The molecular formula is C14H31N3O. The fraction of sp³-hybridized carbons (Fsp3) is 1.00. The number of morpholine rings is 1. The molecule has 1 aliphatic rings. The van der Waals surface area contributed by atoms with Gasteiger partial charge in [-0.2, -0.15) is 0 Å². The van der Waals surface area contributed by atoms with Gasteiger partial charge in [-0.3, -0.25) is 4.90 Å². The summed E-state index contributed by atoms with van der Waals surface area (Å²) in [6, 6.07) is 0. The van der Waals surface area contributed by atoms with E-state index in [0.29, 0.717) is 6.10 Å². The van der Waals surface area contributed by atoms with Crippen LogP contribution in [-0.4, -0.2) is 75.9 Å². The van der Waals surface area contributed by atoms with Crippen LogP contribution in [-0.2, 0) is 4.74 Å². The van der Waals surface area contributed by atoms with Crippen LogP contribution in [0.2, 0.25) is 0 Å². The molecule has 108 valence electrons. The van der Waals surface area contributed by atoms with Crippen LogP contribution in [0.3, 0.4) is 0 Å². The highest BCUT2D eigenvalue weighted by molar-refractivity contribution is 4.73. The van der Waals surface area contributed by atoms with E-state index in [9.17, 15) is 0 Å². The number of hydrogen-bond donors (Lipinski definition) is 1. The molecule has 0 unspecified atom stereocenters. The van der Waals surface area contributed by atoms with Crippen LogP contribution in [0.1, 0.15) is 20.3 Å². The Hall–Kier alpha value is -0.160. The highest BCUT2D eigenvalue weighted by Gasteiger charge is 2.19. The summed E-state index contributed by atoms with van der Waals surface area (Å²) in [5, 5.41) is 3.19. The Labute approximate surface area is 113 Å². The molecule has 0 saturated carbocycles. The molecule has 0 aliphatic carbocycles. The fourth-order valence-corrected chi connectivity index (χ4v) is 2.49. The third kappa shape index (κ3) is 6.69. The van der Waals surface area contributed by atoms with Gasteiger partial charge in [0.15, 0.2) is 0 Å². The van der Waals surface area contributed by atoms with Crippen molar-refractivity contribution in [3.8, 4) is 0 Å². The second kappa shape index (κ2) is 8.86. The maximum atomic E-state index is 5.79. The first-order valence-corrected chi connectivity index (χ1v) is 7.29. The van der Waals surface area contributed by atoms with Crippen molar-refractivity contribution in [1.82, 2.24) is 15.1 Å². The summed E-state index contributed by atoms with van der Waals surface area (Å²) in [5.41, 5.74) is 0. The standard InChI is InChI=1S/C14H31N3O/c1-13(2)11-16(4)7-8-17-9-10-18-14(12-17)5-6-15-3/h13-15H,5-12H2,1-4H3/t14-/m0/s1. The van der Waals surface area contributed by atoms with E-state index in [2.05, 4.69) is 36.0 Å². The molecule has 0 aromatic rings. The summed E-state index contributed by atoms with van der Waals surface area (Å²) in [6.45, 7) is 12.2. The van der Waals surface area contributed by atoms with E-state index >= 15 is 0 Å². The van der Waals surface area contributed by atoms with Gasteiger partial charge < -0.3 is 15.0 Å². The monoisotopic (exact) mass is 257 g/mol. The molecule has 1 N–H and O–H groups in total. The Balaban J connectivity index is 2.17. The Morgan fingerprint density at radius 1 is 1.44 bits per heavy atom. The lowest BCUT2D eigenvalue weighted by atomic mass is 10.2. The first-order valence-electron chi connectivity index (χ1n) is 7.29. The fourth-order valence-electron chi connectivity index (χ4n) is 2.49. The minimum absolute atomic E-state index is 0.418. The predicted octanol–water partition coefficient (Wildman–Crippen LogP) is 0.885. The van der Waals surface area contributed by atoms with Gasteiger partial charge in [-0.1, -0.05) is 13.8 Å². The van der Waals surface area contributed by atoms with Gasteiger partial charge in [0, 0.05) is 32.7 Å². The molecule has 1 fully saturated rings. The van der Waals surface area contributed by atoms with E-state index in [1.54, 1.807) is 0 Å². The molecule has 1 heterocycles. The van der Waals surface area contributed by atoms with E-state index in [1.807, 2.05) is 7.05 Å². The molecule has 0 aromatic heterocycles. The third-order valence-corrected chi connectivity index (χ3v) is 3.41. The zero-order valence-electron chi connectivity index (χ0n) is 12.6. The van der Waals surface area contributed by atoms with Gasteiger partial charge in [0.1, 0.15) is 0 Å². The van der Waals surface area contributed by atoms with Gasteiger partial charge in [-0.05, 0) is 33.0 Å². The second-order valence-corrected chi connectivity index (χ2v) is 5.84. The normalized spacial score (nSPS) is 22.0. The quantitative estimate of drug-likeness (QED) is 0.699. The molecule has 0 bridgehead atoms. The molecule has 1 aliphatic heterocycles. The second-order valence-electron chi connectivity index (χ2n) is 5.84. The molecule has 0 aromatic carbocycles. The van der Waals surface area contributed by atoms with E-state index in [0.717, 1.165) is 45.1 Å². The molecule has 18 heavy (non-hydrogen) atoms. The van der Waals surface area contributed by atoms with E-state index in [1.165, 1.54) is 13.1 Å². The SMILES string of the molecule is CNCC[C@H]1CN(CCN(C)CC(C)C)CCO1. The zero-order valence-corrected chi connectivity index (χ0v) is 12.6. The van der Waals surface area contributed by atoms with Crippen LogP contribution < -0.4 is 5.32 Å². The first-order chi connectivity index (χ1) is 8.61. The van der Waals surface area contributed by atoms with Crippen LogP contribution in [0.5, 0.6) is 0 Å². The molecule has 4 heteroatoms. The largest absolute Gasteiger partial charge is 0.376 e. The maximum absolute atomic E-state index is 5.79. The molecule has 0 radical (unpaired) electrons. The van der Waals surface area contributed by atoms with Crippen molar-refractivity contribution in [3.63, 3.8) is 0 Å². The lowest BCUT2D eigenvalue weighted by Gasteiger charge is -2.34. The van der Waals surface area contributed by atoms with Crippen LogP contribution in [0.4, 0.5) is 0 Å². The van der Waals surface area contributed by atoms with Crippen LogP contribution >= 0.6 is 0 Å². The summed E-state index contributed by atoms with van der Waals surface area (Å²) in [5.74, 6) is 0.753. The van der Waals surface area contributed by atoms with Gasteiger partial charge in [-0.15, -0.1) is 0 Å². The van der Waals surface area contributed by atoms with Crippen molar-refractivity contribution < 1.29 is 4.74 Å². The smallest absolute Gasteiger partial charge is 0.0714 e. The van der Waals surface area contributed by atoms with Gasteiger partial charge in [0.05, 0.1) is 12.7 Å². The van der Waals surface area contributed by atoms with Crippen molar-refractivity contribution in [2.45, 2.75) is 26.4 Å². The topological polar surface area (TPSA) is 27.7 Å². The van der Waals surface area contributed by atoms with Crippen LogP contribution in [0, 0.1) is 5.92 Å². The number of ether oxygens (including phenoxy) is 1. The summed E-state index contributed by atoms with van der Waals surface area (Å²) in [4.78, 5) is 4.98. The zero-order chi connectivity index (χ0) is 13.4. The van der Waals surface area contributed by atoms with Crippen molar-refractivity contribution in [3.05, 3.63) is 0 Å². The molecule has 0 spiro atoms. The molecule has 0 amide bonds. The number of likely N-dealkylation sites (N-methyl/N-ethyl adjacent to an activating group) is 1. The number of nitrogens with zero attached hydrogens (tertiary/aromatic N) is 2. The molecule has 1 saturated heterocycles. The first kappa shape index (κ1) is 15.9. The number of nitrogens with one attached hydrogen (secondary N) is 1. The molecule has 4 nitrogen and oxygen atoms in total. The third-order valence-electron chi connectivity index (χ3n) is 3.41. The Morgan fingerprint density at radius 3 is 2.89 bits per heavy atom. The number of rotatable bonds is 8. The van der Waals surface area contributed by atoms with Gasteiger partial charge >= 0.3 is 0 Å². The highest BCUT2D eigenvalue weighted by atomic mass is 16.5. The van der Waals surface area contributed by atoms with Gasteiger partial charge in [0.25, 0.3) is 0 Å². The number of hydrogen-bond acceptors (Lipinski definition) is 4. The lowest BCUT2D eigenvalue weighted by molar-refractivity contribution is -0.0331. The van der Waals surface area contributed by atoms with Crippen LogP contribution in [0.25, 0.3) is 0 Å². The Bertz CT molecular complexity index is 211. The highest BCUT2D eigenvalue weighted by Crippen LogP contribution is 2.08. The Morgan fingerprint density at radius 2 is 2.22 bits per heavy atom. The average molecular weight is 257 g/mol. The van der Waals surface area contributed by atoms with Crippen LogP contribution in [0.15, 0.2) is 0 Å².